The number of nitrogens with two attached hydrogens (primary N) is 2. The molecule has 1 rings (SSSR count). The molecule has 0 bridgehead atoms. The third-order valence-corrected chi connectivity index (χ3v) is 2.35. The van der Waals surface area contributed by atoms with E-state index < -0.39 is 0 Å². The number of pyridine rings is 1. The van der Waals surface area contributed by atoms with Gasteiger partial charge < -0.3 is 11.5 Å². The minimum absolute atomic E-state index is 0.00356. The van der Waals surface area contributed by atoms with Gasteiger partial charge in [-0.25, -0.2) is 4.98 Å². The quantitative estimate of drug-likeness (QED) is 0.717. The molecule has 0 aliphatic carbocycles. The van der Waals surface area contributed by atoms with Gasteiger partial charge in [-0.2, -0.15) is 0 Å². The fourth-order valence-corrected chi connectivity index (χ4v) is 1.32. The molecule has 0 saturated carbocycles. The van der Waals surface area contributed by atoms with E-state index in [1.165, 1.54) is 0 Å². The number of nitrogen functional groups attached to an aromatic ring is 1. The van der Waals surface area contributed by atoms with Crippen molar-refractivity contribution in [2.75, 3.05) is 5.73 Å². The van der Waals surface area contributed by atoms with Crippen molar-refractivity contribution in [2.45, 2.75) is 33.7 Å². The van der Waals surface area contributed by atoms with Gasteiger partial charge in [0.05, 0.1) is 0 Å². The van der Waals surface area contributed by atoms with Crippen LogP contribution in [0.25, 0.3) is 0 Å². The van der Waals surface area contributed by atoms with Gasteiger partial charge in [0, 0.05) is 17.8 Å². The van der Waals surface area contributed by atoms with Gasteiger partial charge in [0.15, 0.2) is 0 Å². The van der Waals surface area contributed by atoms with Crippen LogP contribution in [0.3, 0.4) is 0 Å². The SMILES string of the molecule is Cc1cnc(N)c(C(N)C(C)(C)C)c1. The molecule has 0 aromatic carbocycles. The van der Waals surface area contributed by atoms with E-state index in [2.05, 4.69) is 25.8 Å². The summed E-state index contributed by atoms with van der Waals surface area (Å²) in [6.07, 6.45) is 1.76. The molecule has 0 aliphatic rings. The fourth-order valence-electron chi connectivity index (χ4n) is 1.32. The van der Waals surface area contributed by atoms with Crippen LogP contribution < -0.4 is 11.5 Å². The zero-order chi connectivity index (χ0) is 10.9. The molecular weight excluding hydrogens is 174 g/mol. The van der Waals surface area contributed by atoms with Crippen molar-refractivity contribution in [3.05, 3.63) is 23.4 Å². The second kappa shape index (κ2) is 3.58. The molecule has 3 nitrogen and oxygen atoms in total. The van der Waals surface area contributed by atoms with E-state index in [4.69, 9.17) is 11.5 Å². The van der Waals surface area contributed by atoms with Crippen molar-refractivity contribution in [1.29, 1.82) is 0 Å². The molecule has 0 spiro atoms. The van der Waals surface area contributed by atoms with Gasteiger partial charge in [0.2, 0.25) is 0 Å². The summed E-state index contributed by atoms with van der Waals surface area (Å²) in [5.41, 5.74) is 14.0. The van der Waals surface area contributed by atoms with E-state index in [1.54, 1.807) is 6.20 Å². The van der Waals surface area contributed by atoms with Gasteiger partial charge in [-0.3, -0.25) is 0 Å². The van der Waals surface area contributed by atoms with Crippen molar-refractivity contribution < 1.29 is 0 Å². The first-order valence-corrected chi connectivity index (χ1v) is 4.80. The van der Waals surface area contributed by atoms with E-state index in [0.717, 1.165) is 11.1 Å². The Kier molecular flexibility index (Phi) is 2.81. The Balaban J connectivity index is 3.12. The first kappa shape index (κ1) is 11.0. The molecule has 4 N–H and O–H groups in total. The van der Waals surface area contributed by atoms with Gasteiger partial charge in [0.1, 0.15) is 5.82 Å². The van der Waals surface area contributed by atoms with Crippen LogP contribution in [0.2, 0.25) is 0 Å². The predicted molar refractivity (Wildman–Crippen MR) is 59.8 cm³/mol. The molecule has 14 heavy (non-hydrogen) atoms. The molecule has 1 aromatic heterocycles. The first-order chi connectivity index (χ1) is 6.32. The lowest BCUT2D eigenvalue weighted by Crippen LogP contribution is -2.27. The van der Waals surface area contributed by atoms with E-state index in [1.807, 2.05) is 13.0 Å². The fraction of sp³-hybridized carbons (Fsp3) is 0.545. The van der Waals surface area contributed by atoms with Crippen molar-refractivity contribution in [1.82, 2.24) is 4.98 Å². The predicted octanol–water partition coefficient (Wildman–Crippen LogP) is 2.02. The highest BCUT2D eigenvalue weighted by atomic mass is 14.8. The number of anilines is 1. The normalized spacial score (nSPS) is 14.1. The van der Waals surface area contributed by atoms with Crippen LogP contribution in [-0.2, 0) is 0 Å². The molecule has 3 heteroatoms. The number of aryl methyl sites for hydroxylation is 1. The zero-order valence-electron chi connectivity index (χ0n) is 9.33. The second-order valence-electron chi connectivity index (χ2n) is 4.83. The lowest BCUT2D eigenvalue weighted by Gasteiger charge is -2.28. The third-order valence-electron chi connectivity index (χ3n) is 2.35. The summed E-state index contributed by atoms with van der Waals surface area (Å²) in [5, 5.41) is 0. The van der Waals surface area contributed by atoms with Crippen LogP contribution in [0.4, 0.5) is 5.82 Å². The lowest BCUT2D eigenvalue weighted by molar-refractivity contribution is 0.327. The Hall–Kier alpha value is -1.09. The van der Waals surface area contributed by atoms with Crippen LogP contribution in [0.1, 0.15) is 37.9 Å². The largest absolute Gasteiger partial charge is 0.383 e. The van der Waals surface area contributed by atoms with E-state index in [0.29, 0.717) is 5.82 Å². The van der Waals surface area contributed by atoms with E-state index in [9.17, 15) is 0 Å². The van der Waals surface area contributed by atoms with Crippen molar-refractivity contribution in [3.63, 3.8) is 0 Å². The molecule has 0 radical (unpaired) electrons. The zero-order valence-corrected chi connectivity index (χ0v) is 9.33. The van der Waals surface area contributed by atoms with Gasteiger partial charge in [-0.1, -0.05) is 20.8 Å². The third kappa shape index (κ3) is 2.23. The number of aromatic nitrogens is 1. The highest BCUT2D eigenvalue weighted by Crippen LogP contribution is 2.32. The van der Waals surface area contributed by atoms with Gasteiger partial charge >= 0.3 is 0 Å². The van der Waals surface area contributed by atoms with Crippen LogP contribution in [0.15, 0.2) is 12.3 Å². The van der Waals surface area contributed by atoms with Crippen molar-refractivity contribution in [2.24, 2.45) is 11.1 Å². The average molecular weight is 193 g/mol. The number of hydrogen-bond donors (Lipinski definition) is 2. The van der Waals surface area contributed by atoms with Gasteiger partial charge in [-0.05, 0) is 24.0 Å². The van der Waals surface area contributed by atoms with Crippen LogP contribution in [0, 0.1) is 12.3 Å². The highest BCUT2D eigenvalue weighted by Gasteiger charge is 2.24. The molecule has 1 heterocycles. The van der Waals surface area contributed by atoms with E-state index in [-0.39, 0.29) is 11.5 Å². The Morgan fingerprint density at radius 3 is 2.43 bits per heavy atom. The number of rotatable bonds is 1. The molecule has 0 saturated heterocycles. The average Bonchev–Trinajstić information content (AvgIpc) is 2.06. The summed E-state index contributed by atoms with van der Waals surface area (Å²) in [4.78, 5) is 4.11. The molecular formula is C11H19N3. The second-order valence-corrected chi connectivity index (χ2v) is 4.83. The lowest BCUT2D eigenvalue weighted by atomic mass is 9.83. The van der Waals surface area contributed by atoms with Crippen LogP contribution in [-0.4, -0.2) is 4.98 Å². The minimum Gasteiger partial charge on any atom is -0.383 e. The highest BCUT2D eigenvalue weighted by molar-refractivity contribution is 5.43. The Morgan fingerprint density at radius 1 is 1.36 bits per heavy atom. The standard InChI is InChI=1S/C11H19N3/c1-7-5-8(10(13)14-6-7)9(12)11(2,3)4/h5-6,9H,12H2,1-4H3,(H2,13,14). The Morgan fingerprint density at radius 2 is 1.93 bits per heavy atom. The van der Waals surface area contributed by atoms with Crippen LogP contribution >= 0.6 is 0 Å². The molecule has 78 valence electrons. The molecule has 0 fully saturated rings. The summed E-state index contributed by atoms with van der Waals surface area (Å²) in [5.74, 6) is 0.540. The maximum Gasteiger partial charge on any atom is 0.128 e. The molecule has 1 atom stereocenters. The van der Waals surface area contributed by atoms with Crippen LogP contribution in [0.5, 0.6) is 0 Å². The maximum atomic E-state index is 6.12. The number of nitrogens with zero attached hydrogens (tertiary/aromatic N) is 1. The van der Waals surface area contributed by atoms with Gasteiger partial charge in [-0.15, -0.1) is 0 Å². The summed E-state index contributed by atoms with van der Waals surface area (Å²) in [7, 11) is 0. The molecule has 0 aliphatic heterocycles. The smallest absolute Gasteiger partial charge is 0.128 e. The molecule has 0 amide bonds. The minimum atomic E-state index is -0.0742. The van der Waals surface area contributed by atoms with Crippen molar-refractivity contribution >= 4 is 5.82 Å². The maximum absolute atomic E-state index is 6.12. The topological polar surface area (TPSA) is 64.9 Å². The first-order valence-electron chi connectivity index (χ1n) is 4.80. The van der Waals surface area contributed by atoms with Crippen molar-refractivity contribution in [3.8, 4) is 0 Å². The molecule has 1 aromatic rings. The summed E-state index contributed by atoms with van der Waals surface area (Å²) >= 11 is 0. The Labute approximate surface area is 85.5 Å². The summed E-state index contributed by atoms with van der Waals surface area (Å²) in [6.45, 7) is 8.28. The van der Waals surface area contributed by atoms with E-state index >= 15 is 0 Å². The monoisotopic (exact) mass is 193 g/mol. The Bertz CT molecular complexity index is 326. The van der Waals surface area contributed by atoms with Gasteiger partial charge in [0.25, 0.3) is 0 Å². The molecule has 1 unspecified atom stereocenters. The summed E-state index contributed by atoms with van der Waals surface area (Å²) < 4.78 is 0. The number of hydrogen-bond acceptors (Lipinski definition) is 3. The summed E-state index contributed by atoms with van der Waals surface area (Å²) in [6, 6.07) is 1.94.